The zero-order valence-electron chi connectivity index (χ0n) is 22.4. The molecule has 204 valence electrons. The second kappa shape index (κ2) is 13.7. The van der Waals surface area contributed by atoms with Crippen molar-refractivity contribution in [2.75, 3.05) is 62.4 Å². The van der Waals surface area contributed by atoms with Gasteiger partial charge in [-0.3, -0.25) is 4.98 Å². The third kappa shape index (κ3) is 7.20. The molecule has 0 bridgehead atoms. The summed E-state index contributed by atoms with van der Waals surface area (Å²) in [5, 5.41) is 8.66. The Morgan fingerprint density at radius 3 is 1.48 bits per heavy atom. The Morgan fingerprint density at radius 1 is 0.625 bits per heavy atom. The number of halogens is 1. The minimum absolute atomic E-state index is 0.357. The number of rotatable bonds is 5. The van der Waals surface area contributed by atoms with E-state index in [1.165, 1.54) is 17.4 Å². The zero-order valence-corrected chi connectivity index (χ0v) is 22.4. The summed E-state index contributed by atoms with van der Waals surface area (Å²) >= 11 is 0. The van der Waals surface area contributed by atoms with Gasteiger partial charge in [-0.25, -0.2) is 4.98 Å². The lowest BCUT2D eigenvalue weighted by Gasteiger charge is -2.28. The van der Waals surface area contributed by atoms with Crippen LogP contribution in [0.25, 0.3) is 22.3 Å². The molecule has 0 saturated carbocycles. The first-order chi connectivity index (χ1) is 19.7. The van der Waals surface area contributed by atoms with Crippen molar-refractivity contribution in [1.29, 1.82) is 5.26 Å². The number of ether oxygens (including phenoxy) is 2. The quantitative estimate of drug-likeness (QED) is 0.317. The molecule has 7 nitrogen and oxygen atoms in total. The van der Waals surface area contributed by atoms with E-state index in [4.69, 9.17) is 14.7 Å². The molecule has 0 radical (unpaired) electrons. The summed E-state index contributed by atoms with van der Waals surface area (Å²) in [6, 6.07) is 25.9. The number of nitrogens with zero attached hydrogens (tertiary/aromatic N) is 5. The maximum atomic E-state index is 12.8. The molecule has 2 aliphatic heterocycles. The van der Waals surface area contributed by atoms with Crippen LogP contribution in [0.3, 0.4) is 0 Å². The Morgan fingerprint density at radius 2 is 1.07 bits per heavy atom. The molecule has 2 aromatic carbocycles. The molecule has 40 heavy (non-hydrogen) atoms. The molecular formula is C32H32FN5O2. The van der Waals surface area contributed by atoms with Crippen molar-refractivity contribution in [3.8, 4) is 28.3 Å². The lowest BCUT2D eigenvalue weighted by atomic mass is 10.1. The molecule has 8 heteroatoms. The van der Waals surface area contributed by atoms with Crippen molar-refractivity contribution in [3.05, 3.63) is 96.8 Å². The highest BCUT2D eigenvalue weighted by atomic mass is 19.1. The fraction of sp³-hybridized carbons (Fsp3) is 0.281. The maximum Gasteiger partial charge on any atom is 0.212 e. The van der Waals surface area contributed by atoms with Crippen molar-refractivity contribution < 1.29 is 13.9 Å². The van der Waals surface area contributed by atoms with E-state index in [0.29, 0.717) is 6.42 Å². The van der Waals surface area contributed by atoms with E-state index in [0.717, 1.165) is 80.6 Å². The Hall–Kier alpha value is -4.32. The van der Waals surface area contributed by atoms with E-state index in [9.17, 15) is 4.39 Å². The van der Waals surface area contributed by atoms with Gasteiger partial charge in [-0.15, -0.1) is 0 Å². The number of nitriles is 1. The second-order valence-corrected chi connectivity index (χ2v) is 9.54. The van der Waals surface area contributed by atoms with Crippen LogP contribution in [0, 0.1) is 17.3 Å². The van der Waals surface area contributed by atoms with Gasteiger partial charge in [0, 0.05) is 61.1 Å². The molecule has 2 fully saturated rings. The molecule has 0 amide bonds. The molecule has 4 aromatic rings. The Kier molecular flexibility index (Phi) is 9.30. The van der Waals surface area contributed by atoms with Crippen molar-refractivity contribution in [2.45, 2.75) is 6.42 Å². The average Bonchev–Trinajstić information content (AvgIpc) is 3.03. The Labute approximate surface area is 234 Å². The van der Waals surface area contributed by atoms with E-state index in [-0.39, 0.29) is 0 Å². The summed E-state index contributed by atoms with van der Waals surface area (Å²) in [6.45, 7) is 6.91. The monoisotopic (exact) mass is 537 g/mol. The zero-order chi connectivity index (χ0) is 27.6. The number of morpholine rings is 2. The fourth-order valence-corrected chi connectivity index (χ4v) is 4.70. The molecule has 0 unspecified atom stereocenters. The van der Waals surface area contributed by atoms with Crippen LogP contribution in [-0.2, 0) is 15.9 Å². The maximum absolute atomic E-state index is 12.8. The van der Waals surface area contributed by atoms with Gasteiger partial charge in [0.15, 0.2) is 0 Å². The number of aromatic nitrogens is 2. The fourth-order valence-electron chi connectivity index (χ4n) is 4.70. The van der Waals surface area contributed by atoms with Gasteiger partial charge in [0.05, 0.1) is 44.6 Å². The topological polar surface area (TPSA) is 74.5 Å². The van der Waals surface area contributed by atoms with E-state index in [2.05, 4.69) is 62.2 Å². The third-order valence-electron chi connectivity index (χ3n) is 6.97. The highest BCUT2D eigenvalue weighted by molar-refractivity contribution is 5.66. The number of pyridine rings is 2. The van der Waals surface area contributed by atoms with Gasteiger partial charge < -0.3 is 19.3 Å². The first-order valence-electron chi connectivity index (χ1n) is 13.5. The number of hydrogen-bond donors (Lipinski definition) is 0. The Bertz CT molecular complexity index is 1380. The van der Waals surface area contributed by atoms with Crippen molar-refractivity contribution in [2.24, 2.45) is 0 Å². The second-order valence-electron chi connectivity index (χ2n) is 9.54. The van der Waals surface area contributed by atoms with Crippen LogP contribution in [0.4, 0.5) is 15.8 Å². The van der Waals surface area contributed by atoms with Gasteiger partial charge in [0.1, 0.15) is 0 Å². The van der Waals surface area contributed by atoms with Crippen LogP contribution in [0.1, 0.15) is 5.69 Å². The Balaban J connectivity index is 0.000000162. The lowest BCUT2D eigenvalue weighted by molar-refractivity contribution is 0.122. The molecular weight excluding hydrogens is 505 g/mol. The van der Waals surface area contributed by atoms with E-state index < -0.39 is 5.95 Å². The smallest absolute Gasteiger partial charge is 0.212 e. The highest BCUT2D eigenvalue weighted by Crippen LogP contribution is 2.24. The summed E-state index contributed by atoms with van der Waals surface area (Å²) in [4.78, 5) is 12.6. The van der Waals surface area contributed by atoms with Gasteiger partial charge in [0.2, 0.25) is 5.95 Å². The van der Waals surface area contributed by atoms with Gasteiger partial charge in [-0.05, 0) is 53.6 Å². The molecule has 0 aliphatic carbocycles. The van der Waals surface area contributed by atoms with Gasteiger partial charge in [-0.2, -0.15) is 9.65 Å². The minimum Gasteiger partial charge on any atom is -0.378 e. The normalized spacial score (nSPS) is 15.1. The molecule has 6 rings (SSSR count). The standard InChI is InChI=1S/C17H17N3O.C15H15FN2O/c18-8-7-16-4-1-15(13-19-16)14-2-5-17(6-3-14)20-9-11-21-12-10-20;16-15-6-3-13(11-17-15)12-1-4-14(5-2-12)18-7-9-19-10-8-18/h1-6,13H,7,9-12H2;1-6,11H,7-10H2. The summed E-state index contributed by atoms with van der Waals surface area (Å²) in [7, 11) is 0. The summed E-state index contributed by atoms with van der Waals surface area (Å²) in [5.41, 5.74) is 7.43. The average molecular weight is 538 g/mol. The minimum atomic E-state index is -0.450. The van der Waals surface area contributed by atoms with Crippen LogP contribution in [0.15, 0.2) is 85.2 Å². The van der Waals surface area contributed by atoms with Crippen LogP contribution in [0.5, 0.6) is 0 Å². The van der Waals surface area contributed by atoms with Crippen molar-refractivity contribution >= 4 is 11.4 Å². The van der Waals surface area contributed by atoms with E-state index in [1.54, 1.807) is 12.3 Å². The van der Waals surface area contributed by atoms with Crippen LogP contribution in [0.2, 0.25) is 0 Å². The predicted molar refractivity (Wildman–Crippen MR) is 155 cm³/mol. The first-order valence-corrected chi connectivity index (χ1v) is 13.5. The molecule has 0 spiro atoms. The summed E-state index contributed by atoms with van der Waals surface area (Å²) in [6.07, 6.45) is 3.74. The van der Waals surface area contributed by atoms with Crippen LogP contribution >= 0.6 is 0 Å². The van der Waals surface area contributed by atoms with E-state index in [1.807, 2.05) is 30.5 Å². The summed E-state index contributed by atoms with van der Waals surface area (Å²) < 4.78 is 23.5. The number of hydrogen-bond acceptors (Lipinski definition) is 7. The number of benzene rings is 2. The number of anilines is 2. The van der Waals surface area contributed by atoms with Crippen molar-refractivity contribution in [3.63, 3.8) is 0 Å². The molecule has 0 N–H and O–H groups in total. The van der Waals surface area contributed by atoms with Crippen molar-refractivity contribution in [1.82, 2.24) is 9.97 Å². The molecule has 2 aliphatic rings. The molecule has 4 heterocycles. The van der Waals surface area contributed by atoms with Gasteiger partial charge in [0.25, 0.3) is 0 Å². The predicted octanol–water partition coefficient (Wildman–Crippen LogP) is 5.38. The highest BCUT2D eigenvalue weighted by Gasteiger charge is 2.12. The molecule has 2 aromatic heterocycles. The van der Waals surface area contributed by atoms with Crippen LogP contribution in [-0.4, -0.2) is 62.6 Å². The largest absolute Gasteiger partial charge is 0.378 e. The molecule has 2 saturated heterocycles. The van der Waals surface area contributed by atoms with Gasteiger partial charge >= 0.3 is 0 Å². The van der Waals surface area contributed by atoms with Crippen LogP contribution < -0.4 is 9.80 Å². The third-order valence-corrected chi connectivity index (χ3v) is 6.97. The SMILES string of the molecule is Fc1ccc(-c2ccc(N3CCOCC3)cc2)cn1.N#CCc1ccc(-c2ccc(N3CCOCC3)cc2)cn1. The first kappa shape index (κ1) is 27.3. The lowest BCUT2D eigenvalue weighted by Crippen LogP contribution is -2.36. The molecule has 0 atom stereocenters. The van der Waals surface area contributed by atoms with Gasteiger partial charge in [-0.1, -0.05) is 30.3 Å². The summed E-state index contributed by atoms with van der Waals surface area (Å²) in [5.74, 6) is -0.450. The van der Waals surface area contributed by atoms with E-state index >= 15 is 0 Å².